The minimum absolute atomic E-state index is 0.572. The average molecular weight is 743 g/mol. The van der Waals surface area contributed by atoms with Crippen LogP contribution in [0.5, 0.6) is 0 Å². The second-order valence-electron chi connectivity index (χ2n) is 14.7. The van der Waals surface area contributed by atoms with Crippen LogP contribution in [-0.4, -0.2) is 19.9 Å². The minimum atomic E-state index is 0.572. The van der Waals surface area contributed by atoms with Crippen LogP contribution in [0.3, 0.4) is 0 Å². The van der Waals surface area contributed by atoms with Crippen LogP contribution in [-0.2, 0) is 0 Å². The second-order valence-corrected chi connectivity index (χ2v) is 14.7. The van der Waals surface area contributed by atoms with Gasteiger partial charge in [0.1, 0.15) is 16.7 Å². The summed E-state index contributed by atoms with van der Waals surface area (Å²) >= 11 is 0. The number of benzene rings is 9. The molecule has 9 aromatic carbocycles. The quantitative estimate of drug-likeness (QED) is 0.175. The molecule has 6 nitrogen and oxygen atoms in total. The highest BCUT2D eigenvalue weighted by Crippen LogP contribution is 2.41. The van der Waals surface area contributed by atoms with Crippen molar-refractivity contribution in [3.8, 4) is 56.7 Å². The highest BCUT2D eigenvalue weighted by Gasteiger charge is 2.20. The van der Waals surface area contributed by atoms with Crippen molar-refractivity contribution in [1.29, 1.82) is 0 Å². The van der Waals surface area contributed by atoms with Crippen molar-refractivity contribution in [2.24, 2.45) is 0 Å². The van der Waals surface area contributed by atoms with Crippen molar-refractivity contribution in [3.05, 3.63) is 182 Å². The van der Waals surface area contributed by atoms with Crippen molar-refractivity contribution in [2.75, 3.05) is 0 Å². The standard InChI is InChI=1S/C52H30N4O2/c1-3-9-31(10-4-1)36-17-18-38-29-40(22-19-37(38)27-36)50-54-49(39-20-15-32-11-7-8-14-35(32)28-39)55-51(56-50)41-21-16-33-23-25-44-46(42(33)30-41)47-45(57-44)26-24-43-48(47)58-52(53-43)34-12-5-2-6-13-34/h1-30H. The first-order valence-electron chi connectivity index (χ1n) is 19.3. The zero-order chi connectivity index (χ0) is 38.2. The molecule has 0 saturated heterocycles. The molecule has 3 heterocycles. The van der Waals surface area contributed by atoms with E-state index >= 15 is 0 Å². The SMILES string of the molecule is c1ccc(-c2ccc3cc(-c4nc(-c5ccc6ccccc6c5)nc(-c5ccc6ccc7oc8ccc9nc(-c%10ccccc%10)oc9c8c7c6c5)n4)ccc3c2)cc1. The summed E-state index contributed by atoms with van der Waals surface area (Å²) in [7, 11) is 0. The monoisotopic (exact) mass is 742 g/mol. The first-order valence-corrected chi connectivity index (χ1v) is 19.3. The number of furan rings is 1. The van der Waals surface area contributed by atoms with Crippen LogP contribution in [0.4, 0.5) is 0 Å². The van der Waals surface area contributed by atoms with E-state index in [0.717, 1.165) is 82.0 Å². The maximum absolute atomic E-state index is 6.51. The fraction of sp³-hybridized carbons (Fsp3) is 0. The van der Waals surface area contributed by atoms with Gasteiger partial charge < -0.3 is 8.83 Å². The van der Waals surface area contributed by atoms with Gasteiger partial charge in [0.25, 0.3) is 0 Å². The lowest BCUT2D eigenvalue weighted by Gasteiger charge is -2.11. The third-order valence-corrected chi connectivity index (χ3v) is 11.1. The summed E-state index contributed by atoms with van der Waals surface area (Å²) in [6.45, 7) is 0. The molecule has 0 unspecified atom stereocenters. The Morgan fingerprint density at radius 2 is 0.810 bits per heavy atom. The largest absolute Gasteiger partial charge is 0.456 e. The van der Waals surface area contributed by atoms with E-state index in [2.05, 4.69) is 127 Å². The number of rotatable bonds is 5. The number of fused-ring (bicyclic) bond motifs is 9. The van der Waals surface area contributed by atoms with Crippen LogP contribution in [0.25, 0.3) is 122 Å². The maximum atomic E-state index is 6.51. The molecule has 0 N–H and O–H groups in total. The molecule has 6 heteroatoms. The molecule has 0 fully saturated rings. The molecular weight excluding hydrogens is 713 g/mol. The number of hydrogen-bond donors (Lipinski definition) is 0. The molecule has 3 aromatic heterocycles. The molecule has 0 spiro atoms. The predicted octanol–water partition coefficient (Wildman–Crippen LogP) is 13.7. The first kappa shape index (κ1) is 32.3. The van der Waals surface area contributed by atoms with Crippen molar-refractivity contribution in [1.82, 2.24) is 19.9 Å². The Balaban J connectivity index is 1.05. The molecule has 0 aliphatic rings. The number of oxazole rings is 1. The van der Waals surface area contributed by atoms with E-state index in [1.165, 1.54) is 11.1 Å². The summed E-state index contributed by atoms with van der Waals surface area (Å²) in [5, 5.41) is 8.47. The van der Waals surface area contributed by atoms with Crippen LogP contribution in [0.1, 0.15) is 0 Å². The number of aromatic nitrogens is 4. The molecule has 270 valence electrons. The van der Waals surface area contributed by atoms with Gasteiger partial charge in [-0.25, -0.2) is 19.9 Å². The Labute approximate surface area is 331 Å². The third-order valence-electron chi connectivity index (χ3n) is 11.1. The molecule has 0 aliphatic heterocycles. The third kappa shape index (κ3) is 5.34. The van der Waals surface area contributed by atoms with Crippen LogP contribution in [0.15, 0.2) is 191 Å². The van der Waals surface area contributed by atoms with Gasteiger partial charge in [0.15, 0.2) is 23.1 Å². The van der Waals surface area contributed by atoms with Crippen LogP contribution in [0.2, 0.25) is 0 Å². The summed E-state index contributed by atoms with van der Waals surface area (Å²) in [5.74, 6) is 2.36. The zero-order valence-corrected chi connectivity index (χ0v) is 30.9. The molecule has 12 aromatic rings. The highest BCUT2D eigenvalue weighted by atomic mass is 16.4. The number of hydrogen-bond acceptors (Lipinski definition) is 6. The topological polar surface area (TPSA) is 77.8 Å². The molecule has 0 aliphatic carbocycles. The molecule has 12 rings (SSSR count). The maximum Gasteiger partial charge on any atom is 0.227 e. The summed E-state index contributed by atoms with van der Waals surface area (Å²) in [6, 6.07) is 62.6. The molecule has 0 amide bonds. The van der Waals surface area contributed by atoms with Gasteiger partial charge in [0.2, 0.25) is 5.89 Å². The van der Waals surface area contributed by atoms with E-state index in [1.54, 1.807) is 0 Å². The van der Waals surface area contributed by atoms with Gasteiger partial charge in [0.05, 0.1) is 5.39 Å². The highest BCUT2D eigenvalue weighted by molar-refractivity contribution is 6.25. The predicted molar refractivity (Wildman–Crippen MR) is 234 cm³/mol. The lowest BCUT2D eigenvalue weighted by molar-refractivity contribution is 0.622. The van der Waals surface area contributed by atoms with Crippen molar-refractivity contribution in [3.63, 3.8) is 0 Å². The van der Waals surface area contributed by atoms with Crippen molar-refractivity contribution >= 4 is 65.4 Å². The minimum Gasteiger partial charge on any atom is -0.456 e. The Morgan fingerprint density at radius 3 is 1.52 bits per heavy atom. The Morgan fingerprint density at radius 1 is 0.310 bits per heavy atom. The smallest absolute Gasteiger partial charge is 0.227 e. The molecule has 58 heavy (non-hydrogen) atoms. The summed E-state index contributed by atoms with van der Waals surface area (Å²) in [4.78, 5) is 20.3. The van der Waals surface area contributed by atoms with Gasteiger partial charge >= 0.3 is 0 Å². The van der Waals surface area contributed by atoms with Crippen LogP contribution >= 0.6 is 0 Å². The second kappa shape index (κ2) is 12.8. The van der Waals surface area contributed by atoms with Crippen molar-refractivity contribution < 1.29 is 8.83 Å². The van der Waals surface area contributed by atoms with E-state index in [0.29, 0.717) is 28.9 Å². The lowest BCUT2D eigenvalue weighted by atomic mass is 9.99. The van der Waals surface area contributed by atoms with Crippen LogP contribution < -0.4 is 0 Å². The Kier molecular flexibility index (Phi) is 7.13. The van der Waals surface area contributed by atoms with Gasteiger partial charge in [-0.05, 0) is 98.0 Å². The van der Waals surface area contributed by atoms with E-state index in [1.807, 2.05) is 54.6 Å². The summed E-state index contributed by atoms with van der Waals surface area (Å²) in [5.41, 5.74) is 8.96. The van der Waals surface area contributed by atoms with Crippen LogP contribution in [0, 0.1) is 0 Å². The van der Waals surface area contributed by atoms with Gasteiger partial charge in [-0.1, -0.05) is 127 Å². The molecular formula is C52H30N4O2. The summed E-state index contributed by atoms with van der Waals surface area (Å²) < 4.78 is 13.0. The molecule has 0 radical (unpaired) electrons. The average Bonchev–Trinajstić information content (AvgIpc) is 3.91. The fourth-order valence-electron chi connectivity index (χ4n) is 8.19. The van der Waals surface area contributed by atoms with Gasteiger partial charge in [0, 0.05) is 27.6 Å². The van der Waals surface area contributed by atoms with E-state index in [4.69, 9.17) is 28.8 Å². The fourth-order valence-corrected chi connectivity index (χ4v) is 8.19. The Hall–Kier alpha value is -7.96. The normalized spacial score (nSPS) is 11.8. The first-order chi connectivity index (χ1) is 28.7. The van der Waals surface area contributed by atoms with Gasteiger partial charge in [-0.3, -0.25) is 0 Å². The van der Waals surface area contributed by atoms with Crippen molar-refractivity contribution in [2.45, 2.75) is 0 Å². The summed E-state index contributed by atoms with van der Waals surface area (Å²) in [6.07, 6.45) is 0. The zero-order valence-electron chi connectivity index (χ0n) is 30.9. The van der Waals surface area contributed by atoms with E-state index in [9.17, 15) is 0 Å². The Bertz CT molecular complexity index is 3570. The lowest BCUT2D eigenvalue weighted by Crippen LogP contribution is -2.00. The van der Waals surface area contributed by atoms with Gasteiger partial charge in [-0.15, -0.1) is 0 Å². The van der Waals surface area contributed by atoms with E-state index in [-0.39, 0.29) is 0 Å². The molecule has 0 saturated carbocycles. The van der Waals surface area contributed by atoms with E-state index < -0.39 is 0 Å². The number of nitrogens with zero attached hydrogens (tertiary/aromatic N) is 4. The molecule has 0 bridgehead atoms. The molecule has 0 atom stereocenters. The van der Waals surface area contributed by atoms with Gasteiger partial charge in [-0.2, -0.15) is 0 Å².